The fourth-order valence-electron chi connectivity index (χ4n) is 4.84. The summed E-state index contributed by atoms with van der Waals surface area (Å²) in [6.45, 7) is 5.37. The maximum absolute atomic E-state index is 14.7. The van der Waals surface area contributed by atoms with Gasteiger partial charge in [-0.2, -0.15) is 0 Å². The van der Waals surface area contributed by atoms with Gasteiger partial charge in [0.15, 0.2) is 0 Å². The molecule has 0 saturated carbocycles. The number of likely N-dealkylation sites (tertiary alicyclic amines) is 1. The van der Waals surface area contributed by atoms with E-state index >= 15 is 0 Å². The highest BCUT2D eigenvalue weighted by Gasteiger charge is 2.28. The molecular weight excluding hydrogens is 487 g/mol. The molecule has 0 unspecified atom stereocenters. The van der Waals surface area contributed by atoms with E-state index < -0.39 is 5.56 Å². The Labute approximate surface area is 220 Å². The summed E-state index contributed by atoms with van der Waals surface area (Å²) in [5, 5.41) is 19.9. The first-order valence-electron chi connectivity index (χ1n) is 12.8. The van der Waals surface area contributed by atoms with Crippen LogP contribution in [-0.4, -0.2) is 82.0 Å². The van der Waals surface area contributed by atoms with Gasteiger partial charge in [-0.25, -0.2) is 9.37 Å². The number of hydrogen-bond acceptors (Lipinski definition) is 7. The zero-order chi connectivity index (χ0) is 26.5. The number of aromatic amines is 1. The molecule has 0 bridgehead atoms. The minimum atomic E-state index is -0.565. The number of morpholine rings is 1. The smallest absolute Gasteiger partial charge is 0.293 e. The molecule has 2 aromatic carbocycles. The van der Waals surface area contributed by atoms with Crippen LogP contribution in [0.3, 0.4) is 0 Å². The van der Waals surface area contributed by atoms with Gasteiger partial charge in [0.05, 0.1) is 31.3 Å². The van der Waals surface area contributed by atoms with Crippen LogP contribution >= 0.6 is 0 Å². The predicted molar refractivity (Wildman–Crippen MR) is 140 cm³/mol. The number of nitrogens with zero attached hydrogens (tertiary/aromatic N) is 3. The third-order valence-corrected chi connectivity index (χ3v) is 7.04. The molecule has 198 valence electrons. The lowest BCUT2D eigenvalue weighted by Crippen LogP contribution is -2.52. The molecule has 0 radical (unpaired) electrons. The van der Waals surface area contributed by atoms with Crippen molar-refractivity contribution in [2.75, 3.05) is 45.9 Å². The van der Waals surface area contributed by atoms with Gasteiger partial charge in [0.1, 0.15) is 5.82 Å². The number of aliphatic hydroxyl groups excluding tert-OH is 1. The first-order chi connectivity index (χ1) is 18.4. The quantitative estimate of drug-likeness (QED) is 0.411. The highest BCUT2D eigenvalue weighted by molar-refractivity contribution is 5.45. The third kappa shape index (κ3) is 6.47. The van der Waals surface area contributed by atoms with Crippen LogP contribution in [0.25, 0.3) is 0 Å². The second-order valence-corrected chi connectivity index (χ2v) is 9.87. The second-order valence-electron chi connectivity index (χ2n) is 9.87. The summed E-state index contributed by atoms with van der Waals surface area (Å²) in [7, 11) is 0. The molecule has 0 aliphatic carbocycles. The predicted octanol–water partition coefficient (Wildman–Crippen LogP) is 1.85. The van der Waals surface area contributed by atoms with Crippen molar-refractivity contribution in [2.45, 2.75) is 25.0 Å². The Hall–Kier alpha value is -3.55. The zero-order valence-electron chi connectivity index (χ0n) is 21.1. The van der Waals surface area contributed by atoms with E-state index in [1.807, 2.05) is 30.3 Å². The van der Waals surface area contributed by atoms with E-state index in [4.69, 9.17) is 4.74 Å². The first kappa shape index (κ1) is 26.1. The van der Waals surface area contributed by atoms with Crippen LogP contribution in [0.5, 0.6) is 5.75 Å². The largest absolute Gasteiger partial charge is 0.502 e. The van der Waals surface area contributed by atoms with Crippen LogP contribution in [-0.2, 0) is 17.7 Å². The minimum Gasteiger partial charge on any atom is -0.502 e. The lowest BCUT2D eigenvalue weighted by molar-refractivity contribution is -0.00129. The monoisotopic (exact) mass is 518 g/mol. The number of aliphatic hydroxyl groups is 1. The average molecular weight is 519 g/mol. The van der Waals surface area contributed by atoms with Crippen LogP contribution in [0.2, 0.25) is 0 Å². The van der Waals surface area contributed by atoms with Crippen molar-refractivity contribution < 1.29 is 19.3 Å². The summed E-state index contributed by atoms with van der Waals surface area (Å²) in [5.74, 6) is 5.49. The molecule has 38 heavy (non-hydrogen) atoms. The second kappa shape index (κ2) is 11.9. The molecule has 3 heterocycles. The fraction of sp³-hybridized carbons (Fsp3) is 0.379. The van der Waals surface area contributed by atoms with E-state index in [9.17, 15) is 19.4 Å². The van der Waals surface area contributed by atoms with Gasteiger partial charge in [0.25, 0.3) is 5.56 Å². The van der Waals surface area contributed by atoms with Crippen molar-refractivity contribution in [1.29, 1.82) is 0 Å². The van der Waals surface area contributed by atoms with Crippen LogP contribution in [0.15, 0.2) is 53.6 Å². The summed E-state index contributed by atoms with van der Waals surface area (Å²) in [4.78, 5) is 22.7. The molecule has 8 nitrogen and oxygen atoms in total. The number of rotatable bonds is 7. The van der Waals surface area contributed by atoms with E-state index in [1.165, 1.54) is 12.4 Å². The topological polar surface area (TPSA) is 102 Å². The number of aromatic nitrogens is 2. The summed E-state index contributed by atoms with van der Waals surface area (Å²) in [5.41, 5.74) is 2.84. The van der Waals surface area contributed by atoms with Crippen molar-refractivity contribution in [1.82, 2.24) is 19.8 Å². The van der Waals surface area contributed by atoms with Crippen LogP contribution in [0.4, 0.5) is 4.39 Å². The molecule has 3 aromatic rings. The van der Waals surface area contributed by atoms with E-state index in [0.29, 0.717) is 62.6 Å². The summed E-state index contributed by atoms with van der Waals surface area (Å²) in [6, 6.07) is 12.9. The Morgan fingerprint density at radius 2 is 1.79 bits per heavy atom. The van der Waals surface area contributed by atoms with Gasteiger partial charge in [-0.1, -0.05) is 30.0 Å². The molecular formula is C29H31FN4O4. The van der Waals surface area contributed by atoms with E-state index in [-0.39, 0.29) is 23.6 Å². The van der Waals surface area contributed by atoms with Gasteiger partial charge in [-0.3, -0.25) is 14.6 Å². The Bertz CT molecular complexity index is 1370. The summed E-state index contributed by atoms with van der Waals surface area (Å²) in [6.07, 6.45) is 1.35. The summed E-state index contributed by atoms with van der Waals surface area (Å²) >= 11 is 0. The number of H-pyrrole nitrogens is 1. The van der Waals surface area contributed by atoms with Gasteiger partial charge in [-0.15, -0.1) is 0 Å². The molecule has 9 heteroatoms. The number of halogens is 1. The molecule has 5 rings (SSSR count). The van der Waals surface area contributed by atoms with Gasteiger partial charge < -0.3 is 19.9 Å². The van der Waals surface area contributed by atoms with Crippen molar-refractivity contribution in [3.63, 3.8) is 0 Å². The number of β-amino-alcohol motifs (C(OH)–C–C–N with tert-alkyl or cyclic N) is 1. The SMILES string of the molecule is O=c1[nH]cnc(C[C@@H](CN2CC(O)C2)c2ccc(C#Cc3ccc(CN4CCOCC4)c(F)c3)cc2)c1O. The Morgan fingerprint density at radius 1 is 1.08 bits per heavy atom. The summed E-state index contributed by atoms with van der Waals surface area (Å²) < 4.78 is 20.0. The molecule has 2 fully saturated rings. The highest BCUT2D eigenvalue weighted by Crippen LogP contribution is 2.26. The Kier molecular flexibility index (Phi) is 8.15. The standard InChI is InChI=1S/C29H31FN4O4/c30-26-13-21(5-8-23(26)15-33-9-11-38-12-10-33)2-1-20-3-6-22(7-4-20)24(16-34-17-25(35)18-34)14-27-28(36)29(37)32-19-31-27/h3-8,13,19,24-25,35-36H,9-12,14-18H2,(H,31,32,37)/t24-/m0/s1. The number of nitrogens with one attached hydrogen (secondary N) is 1. The number of benzene rings is 2. The zero-order valence-corrected chi connectivity index (χ0v) is 21.1. The Balaban J connectivity index is 1.28. The van der Waals surface area contributed by atoms with Crippen LogP contribution in [0.1, 0.15) is 33.9 Å². The fourth-order valence-corrected chi connectivity index (χ4v) is 4.84. The van der Waals surface area contributed by atoms with Crippen molar-refractivity contribution in [3.05, 3.63) is 92.9 Å². The van der Waals surface area contributed by atoms with Gasteiger partial charge in [0.2, 0.25) is 5.75 Å². The van der Waals surface area contributed by atoms with E-state index in [2.05, 4.69) is 31.6 Å². The highest BCUT2D eigenvalue weighted by atomic mass is 19.1. The number of ether oxygens (including phenoxy) is 1. The maximum atomic E-state index is 14.7. The molecule has 3 N–H and O–H groups in total. The van der Waals surface area contributed by atoms with Crippen LogP contribution < -0.4 is 5.56 Å². The lowest BCUT2D eigenvalue weighted by Gasteiger charge is -2.38. The van der Waals surface area contributed by atoms with Gasteiger partial charge in [0, 0.05) is 68.3 Å². The Morgan fingerprint density at radius 3 is 2.50 bits per heavy atom. The van der Waals surface area contributed by atoms with Crippen molar-refractivity contribution in [3.8, 4) is 17.6 Å². The molecule has 2 aliphatic heterocycles. The molecule has 0 spiro atoms. The van der Waals surface area contributed by atoms with Gasteiger partial charge in [-0.05, 0) is 29.8 Å². The molecule has 2 aliphatic rings. The molecule has 1 atom stereocenters. The number of aromatic hydroxyl groups is 1. The van der Waals surface area contributed by atoms with Crippen molar-refractivity contribution in [2.24, 2.45) is 0 Å². The normalized spacial score (nSPS) is 17.4. The lowest BCUT2D eigenvalue weighted by atomic mass is 9.91. The molecule has 0 amide bonds. The van der Waals surface area contributed by atoms with E-state index in [0.717, 1.165) is 24.2 Å². The first-order valence-corrected chi connectivity index (χ1v) is 12.8. The molecule has 1 aromatic heterocycles. The van der Waals surface area contributed by atoms with Crippen LogP contribution in [0, 0.1) is 17.7 Å². The molecule has 2 saturated heterocycles. The average Bonchev–Trinajstić information content (AvgIpc) is 2.91. The number of hydrogen-bond donors (Lipinski definition) is 3. The van der Waals surface area contributed by atoms with Crippen molar-refractivity contribution >= 4 is 0 Å². The minimum absolute atomic E-state index is 0.0437. The van der Waals surface area contributed by atoms with E-state index in [1.54, 1.807) is 6.07 Å². The third-order valence-electron chi connectivity index (χ3n) is 7.04. The van der Waals surface area contributed by atoms with Gasteiger partial charge >= 0.3 is 0 Å². The maximum Gasteiger partial charge on any atom is 0.293 e.